The molecule has 3 heterocycles. The van der Waals surface area contributed by atoms with Crippen LogP contribution >= 0.6 is 11.6 Å². The highest BCUT2D eigenvalue weighted by atomic mass is 35.5. The van der Waals surface area contributed by atoms with Gasteiger partial charge in [0, 0.05) is 22.8 Å². The Morgan fingerprint density at radius 1 is 1.09 bits per heavy atom. The van der Waals surface area contributed by atoms with E-state index < -0.39 is 58.3 Å². The van der Waals surface area contributed by atoms with Crippen LogP contribution in [0.3, 0.4) is 0 Å². The maximum Gasteiger partial charge on any atom is 0.313 e. The Morgan fingerprint density at radius 3 is 2.52 bits per heavy atom. The minimum absolute atomic E-state index is 0.0141. The van der Waals surface area contributed by atoms with Crippen molar-refractivity contribution >= 4 is 34.5 Å². The van der Waals surface area contributed by atoms with Crippen LogP contribution in [-0.4, -0.2) is 40.0 Å². The molecule has 6 rings (SSSR count). The first-order valence-corrected chi connectivity index (χ1v) is 14.1. The zero-order chi connectivity index (χ0) is 33.0. The minimum Gasteiger partial charge on any atom is -0.489 e. The van der Waals surface area contributed by atoms with Crippen LogP contribution in [0.2, 0.25) is 5.02 Å². The molecule has 3 aromatic carbocycles. The molecular formula is C32H23ClF4N4O5. The quantitative estimate of drug-likeness (QED) is 0.147. The van der Waals surface area contributed by atoms with Crippen molar-refractivity contribution in [1.82, 2.24) is 15.3 Å². The molecule has 9 nitrogen and oxygen atoms in total. The molecule has 0 aliphatic carbocycles. The van der Waals surface area contributed by atoms with Crippen molar-refractivity contribution in [2.45, 2.75) is 24.4 Å². The van der Waals surface area contributed by atoms with Gasteiger partial charge in [-0.05, 0) is 42.8 Å². The van der Waals surface area contributed by atoms with Crippen LogP contribution in [0, 0.1) is 11.6 Å². The van der Waals surface area contributed by atoms with Crippen molar-refractivity contribution in [2.24, 2.45) is 5.73 Å². The van der Waals surface area contributed by atoms with E-state index in [1.54, 1.807) is 30.3 Å². The fourth-order valence-corrected chi connectivity index (χ4v) is 5.39. The molecule has 0 radical (unpaired) electrons. The van der Waals surface area contributed by atoms with Gasteiger partial charge in [0.05, 0.1) is 17.3 Å². The molecular weight excluding hydrogens is 632 g/mol. The maximum atomic E-state index is 15.2. The Hall–Kier alpha value is -5.01. The second-order valence-corrected chi connectivity index (χ2v) is 11.3. The summed E-state index contributed by atoms with van der Waals surface area (Å²) in [6.45, 7) is 0.758. The number of aromatic nitrogens is 2. The third kappa shape index (κ3) is 5.20. The summed E-state index contributed by atoms with van der Waals surface area (Å²) in [5.41, 5.74) is 2.08. The Bertz CT molecular complexity index is 2030. The van der Waals surface area contributed by atoms with Gasteiger partial charge in [0.1, 0.15) is 46.2 Å². The maximum absolute atomic E-state index is 15.2. The van der Waals surface area contributed by atoms with Crippen molar-refractivity contribution in [3.8, 4) is 17.0 Å². The zero-order valence-corrected chi connectivity index (χ0v) is 24.5. The van der Waals surface area contributed by atoms with Crippen LogP contribution in [0.5, 0.6) is 5.75 Å². The summed E-state index contributed by atoms with van der Waals surface area (Å²) in [5, 5.41) is 14.5. The second-order valence-electron chi connectivity index (χ2n) is 10.9. The van der Waals surface area contributed by atoms with Crippen LogP contribution in [0.25, 0.3) is 22.4 Å². The summed E-state index contributed by atoms with van der Waals surface area (Å²) in [5.74, 6) is -4.36. The topological polar surface area (TPSA) is 141 Å². The Balaban J connectivity index is 1.47. The molecule has 0 saturated carbocycles. The number of aliphatic hydroxyl groups is 1. The number of oxazole rings is 1. The highest BCUT2D eigenvalue weighted by Gasteiger charge is 2.46. The number of primary amides is 1. The van der Waals surface area contributed by atoms with Gasteiger partial charge in [-0.25, -0.2) is 18.7 Å². The smallest absolute Gasteiger partial charge is 0.313 e. The van der Waals surface area contributed by atoms with Crippen molar-refractivity contribution in [3.63, 3.8) is 0 Å². The molecule has 2 aromatic heterocycles. The number of carbonyl (C=O) groups is 2. The Morgan fingerprint density at radius 2 is 1.83 bits per heavy atom. The predicted octanol–water partition coefficient (Wildman–Crippen LogP) is 5.56. The molecule has 0 unspecified atom stereocenters. The van der Waals surface area contributed by atoms with Crippen molar-refractivity contribution in [1.29, 1.82) is 0 Å². The fourth-order valence-electron chi connectivity index (χ4n) is 5.23. The normalized spacial score (nSPS) is 17.0. The molecule has 4 N–H and O–H groups in total. The molecule has 46 heavy (non-hydrogen) atoms. The van der Waals surface area contributed by atoms with E-state index in [0.29, 0.717) is 6.07 Å². The summed E-state index contributed by atoms with van der Waals surface area (Å²) < 4.78 is 66.3. The van der Waals surface area contributed by atoms with E-state index in [9.17, 15) is 27.9 Å². The lowest BCUT2D eigenvalue weighted by atomic mass is 9.80. The number of nitrogens with one attached hydrogen (secondary N) is 1. The number of fused-ring (bicyclic) bond motifs is 2. The third-order valence-corrected chi connectivity index (χ3v) is 8.20. The van der Waals surface area contributed by atoms with Crippen molar-refractivity contribution in [2.75, 3.05) is 13.2 Å². The van der Waals surface area contributed by atoms with Gasteiger partial charge in [-0.15, -0.1) is 0 Å². The summed E-state index contributed by atoms with van der Waals surface area (Å²) >= 11 is 5.99. The summed E-state index contributed by atoms with van der Waals surface area (Å²) in [7, 11) is 0. The first kappa shape index (κ1) is 31.0. The van der Waals surface area contributed by atoms with Crippen LogP contribution in [0.1, 0.15) is 46.4 Å². The number of halogens is 5. The highest BCUT2D eigenvalue weighted by molar-refractivity contribution is 6.31. The average Bonchev–Trinajstić information content (AvgIpc) is 3.63. The number of pyridine rings is 1. The molecule has 236 valence electrons. The van der Waals surface area contributed by atoms with Gasteiger partial charge in [0.25, 0.3) is 11.8 Å². The number of amides is 2. The molecule has 0 fully saturated rings. The standard InChI is InChI=1S/C32H23ClF4N4O5/c1-31(30(38)43)14-45-26-18(31)11-24(41-25(26)17-10-19(33)21(35)12-20(17)34)32(44,16-5-3-2-4-6-16)13-39-28(42)15-7-8-22-23(9-15)46-29(40-22)27(36)37/h2-12,27,44H,13-14H2,1H3,(H2,38,43)(H,39,42)/t31-,32+/m0/s1. The lowest BCUT2D eigenvalue weighted by Crippen LogP contribution is -2.43. The molecule has 5 aromatic rings. The number of ether oxygens (including phenoxy) is 1. The number of rotatable bonds is 8. The fraction of sp³-hybridized carbons (Fsp3) is 0.188. The first-order chi connectivity index (χ1) is 21.8. The first-order valence-electron chi connectivity index (χ1n) is 13.7. The van der Waals surface area contributed by atoms with E-state index in [-0.39, 0.29) is 57.1 Å². The van der Waals surface area contributed by atoms with Gasteiger partial charge in [0.15, 0.2) is 5.58 Å². The lowest BCUT2D eigenvalue weighted by molar-refractivity contribution is -0.123. The third-order valence-electron chi connectivity index (χ3n) is 7.92. The zero-order valence-electron chi connectivity index (χ0n) is 23.8. The molecule has 0 saturated heterocycles. The van der Waals surface area contributed by atoms with E-state index in [1.807, 2.05) is 0 Å². The summed E-state index contributed by atoms with van der Waals surface area (Å²) in [6, 6.07) is 14.9. The SMILES string of the molecule is C[C@]1(C(N)=O)COc2c1cc([C@@](O)(CNC(=O)c1ccc3nc(C(F)F)oc3c1)c1ccccc1)nc2-c1cc(Cl)c(F)cc1F. The van der Waals surface area contributed by atoms with E-state index in [4.69, 9.17) is 26.5 Å². The van der Waals surface area contributed by atoms with Crippen LogP contribution in [0.15, 0.2) is 71.1 Å². The number of hydrogen-bond acceptors (Lipinski definition) is 7. The molecule has 0 bridgehead atoms. The molecule has 2 atom stereocenters. The average molecular weight is 655 g/mol. The van der Waals surface area contributed by atoms with Gasteiger partial charge >= 0.3 is 6.43 Å². The number of alkyl halides is 2. The number of benzene rings is 3. The van der Waals surface area contributed by atoms with Gasteiger partial charge in [0.2, 0.25) is 5.91 Å². The summed E-state index contributed by atoms with van der Waals surface area (Å²) in [6.07, 6.45) is -2.95. The van der Waals surface area contributed by atoms with Crippen molar-refractivity contribution < 1.29 is 41.4 Å². The highest BCUT2D eigenvalue weighted by Crippen LogP contribution is 2.47. The van der Waals surface area contributed by atoms with Gasteiger partial charge < -0.3 is 25.3 Å². The van der Waals surface area contributed by atoms with Crippen molar-refractivity contribution in [3.05, 3.63) is 112 Å². The Labute approximate surface area is 263 Å². The van der Waals surface area contributed by atoms with E-state index >= 15 is 4.39 Å². The number of nitrogens with zero attached hydrogens (tertiary/aromatic N) is 2. The predicted molar refractivity (Wildman–Crippen MR) is 157 cm³/mol. The number of carbonyl (C=O) groups excluding carboxylic acids is 2. The molecule has 14 heteroatoms. The Kier molecular flexibility index (Phi) is 7.69. The van der Waals surface area contributed by atoms with E-state index in [2.05, 4.69) is 15.3 Å². The van der Waals surface area contributed by atoms with Crippen LogP contribution < -0.4 is 15.8 Å². The van der Waals surface area contributed by atoms with Gasteiger partial charge in [-0.3, -0.25) is 9.59 Å². The molecule has 1 aliphatic heterocycles. The van der Waals surface area contributed by atoms with E-state index in [0.717, 1.165) is 6.07 Å². The van der Waals surface area contributed by atoms with Gasteiger partial charge in [-0.1, -0.05) is 41.9 Å². The van der Waals surface area contributed by atoms with Gasteiger partial charge in [-0.2, -0.15) is 8.78 Å². The lowest BCUT2D eigenvalue weighted by Gasteiger charge is -2.30. The van der Waals surface area contributed by atoms with Crippen LogP contribution in [-0.2, 0) is 15.8 Å². The summed E-state index contributed by atoms with van der Waals surface area (Å²) in [4.78, 5) is 34.1. The number of hydrogen-bond donors (Lipinski definition) is 3. The largest absolute Gasteiger partial charge is 0.489 e. The molecule has 0 spiro atoms. The second kappa shape index (κ2) is 11.4. The minimum atomic E-state index is -2.95. The molecule has 2 amide bonds. The van der Waals surface area contributed by atoms with E-state index in [1.165, 1.54) is 31.2 Å². The number of nitrogens with two attached hydrogens (primary N) is 1. The monoisotopic (exact) mass is 654 g/mol. The van der Waals surface area contributed by atoms with Crippen LogP contribution in [0.4, 0.5) is 17.6 Å². The molecule has 1 aliphatic rings.